The van der Waals surface area contributed by atoms with Crippen molar-refractivity contribution in [3.8, 4) is 0 Å². The van der Waals surface area contributed by atoms with Gasteiger partial charge in [-0.3, -0.25) is 0 Å². The molecule has 1 atom stereocenters. The highest BCUT2D eigenvalue weighted by atomic mass is 16.5. The van der Waals surface area contributed by atoms with E-state index in [4.69, 9.17) is 9.84 Å². The molecule has 1 saturated heterocycles. The highest BCUT2D eigenvalue weighted by Crippen LogP contribution is 2.37. The molecule has 0 bridgehead atoms. The number of rotatable bonds is 6. The van der Waals surface area contributed by atoms with Gasteiger partial charge in [-0.1, -0.05) is 13.8 Å². The third kappa shape index (κ3) is 4.04. The molecule has 0 radical (unpaired) electrons. The van der Waals surface area contributed by atoms with Crippen molar-refractivity contribution in [2.75, 3.05) is 40.0 Å². The second kappa shape index (κ2) is 6.58. The van der Waals surface area contributed by atoms with E-state index in [-0.39, 0.29) is 0 Å². The van der Waals surface area contributed by atoms with Gasteiger partial charge in [0.15, 0.2) is 0 Å². The summed E-state index contributed by atoms with van der Waals surface area (Å²) >= 11 is 0. The summed E-state index contributed by atoms with van der Waals surface area (Å²) in [5.74, 6) is 0.633. The van der Waals surface area contributed by atoms with Crippen molar-refractivity contribution in [2.24, 2.45) is 11.3 Å². The highest BCUT2D eigenvalue weighted by Gasteiger charge is 2.34. The minimum Gasteiger partial charge on any atom is -0.396 e. The maximum absolute atomic E-state index is 9.11. The van der Waals surface area contributed by atoms with E-state index in [2.05, 4.69) is 18.7 Å². The lowest BCUT2D eigenvalue weighted by Crippen LogP contribution is -2.45. The molecule has 1 heterocycles. The Kier molecular flexibility index (Phi) is 5.73. The van der Waals surface area contributed by atoms with Gasteiger partial charge >= 0.3 is 0 Å². The molecule has 1 N–H and O–H groups in total. The average Bonchev–Trinajstić information content (AvgIpc) is 2.23. The molecule has 0 saturated carbocycles. The monoisotopic (exact) mass is 229 g/mol. The molecule has 3 nitrogen and oxygen atoms in total. The fraction of sp³-hybridized carbons (Fsp3) is 1.00. The largest absolute Gasteiger partial charge is 0.396 e. The number of hydrogen-bond donors (Lipinski definition) is 1. The standard InChI is InChI=1S/C13H27NO2/c1-13(2)6-8-14(7-4-10-16-3)11-12(13)5-9-15/h12,15H,4-11H2,1-3H3. The van der Waals surface area contributed by atoms with Crippen LogP contribution in [0.4, 0.5) is 0 Å². The Morgan fingerprint density at radius 3 is 2.81 bits per heavy atom. The molecule has 1 rings (SSSR count). The topological polar surface area (TPSA) is 32.7 Å². The van der Waals surface area contributed by atoms with Crippen LogP contribution in [0, 0.1) is 11.3 Å². The van der Waals surface area contributed by atoms with E-state index in [1.54, 1.807) is 7.11 Å². The normalized spacial score (nSPS) is 25.9. The summed E-state index contributed by atoms with van der Waals surface area (Å²) in [4.78, 5) is 2.52. The molecule has 0 aliphatic carbocycles. The van der Waals surface area contributed by atoms with Gasteiger partial charge in [0.1, 0.15) is 0 Å². The SMILES string of the molecule is COCCCN1CCC(C)(C)C(CCO)C1. The van der Waals surface area contributed by atoms with Crippen LogP contribution < -0.4 is 0 Å². The van der Waals surface area contributed by atoms with Crippen LogP contribution in [-0.4, -0.2) is 50.0 Å². The zero-order chi connectivity index (χ0) is 12.0. The first kappa shape index (κ1) is 13.9. The van der Waals surface area contributed by atoms with Crippen molar-refractivity contribution >= 4 is 0 Å². The van der Waals surface area contributed by atoms with Crippen LogP contribution >= 0.6 is 0 Å². The van der Waals surface area contributed by atoms with E-state index in [1.807, 2.05) is 0 Å². The van der Waals surface area contributed by atoms with Crippen LogP contribution in [0.15, 0.2) is 0 Å². The number of ether oxygens (including phenoxy) is 1. The van der Waals surface area contributed by atoms with Gasteiger partial charge in [-0.05, 0) is 37.1 Å². The van der Waals surface area contributed by atoms with E-state index in [0.717, 1.165) is 32.5 Å². The third-order valence-electron chi connectivity index (χ3n) is 3.96. The van der Waals surface area contributed by atoms with Gasteiger partial charge in [-0.25, -0.2) is 0 Å². The number of likely N-dealkylation sites (tertiary alicyclic amines) is 1. The number of aliphatic hydroxyl groups is 1. The Morgan fingerprint density at radius 2 is 2.19 bits per heavy atom. The van der Waals surface area contributed by atoms with Crippen LogP contribution in [0.3, 0.4) is 0 Å². The molecule has 1 aliphatic rings. The van der Waals surface area contributed by atoms with Gasteiger partial charge in [0, 0.05) is 33.4 Å². The predicted molar refractivity (Wildman–Crippen MR) is 66.5 cm³/mol. The fourth-order valence-corrected chi connectivity index (χ4v) is 2.57. The lowest BCUT2D eigenvalue weighted by Gasteiger charge is -2.44. The molecule has 0 aromatic heterocycles. The van der Waals surface area contributed by atoms with Crippen LogP contribution in [-0.2, 0) is 4.74 Å². The molecule has 0 amide bonds. The first-order chi connectivity index (χ1) is 7.60. The molecular weight excluding hydrogens is 202 g/mol. The average molecular weight is 229 g/mol. The molecule has 3 heteroatoms. The van der Waals surface area contributed by atoms with E-state index in [1.165, 1.54) is 13.0 Å². The van der Waals surface area contributed by atoms with Crippen molar-refractivity contribution in [2.45, 2.75) is 33.1 Å². The molecule has 0 aromatic carbocycles. The van der Waals surface area contributed by atoms with Crippen LogP contribution in [0.1, 0.15) is 33.1 Å². The lowest BCUT2D eigenvalue weighted by atomic mass is 9.72. The lowest BCUT2D eigenvalue weighted by molar-refractivity contribution is 0.0395. The molecule has 96 valence electrons. The third-order valence-corrected chi connectivity index (χ3v) is 3.96. The Hall–Kier alpha value is -0.120. The van der Waals surface area contributed by atoms with Crippen molar-refractivity contribution < 1.29 is 9.84 Å². The second-order valence-electron chi connectivity index (χ2n) is 5.59. The summed E-state index contributed by atoms with van der Waals surface area (Å²) in [6.45, 7) is 9.30. The molecule has 1 aliphatic heterocycles. The summed E-state index contributed by atoms with van der Waals surface area (Å²) in [5.41, 5.74) is 0.389. The number of nitrogens with zero attached hydrogens (tertiary/aromatic N) is 1. The molecule has 0 spiro atoms. The quantitative estimate of drug-likeness (QED) is 0.704. The maximum atomic E-state index is 9.11. The Balaban J connectivity index is 2.36. The van der Waals surface area contributed by atoms with E-state index in [0.29, 0.717) is 17.9 Å². The summed E-state index contributed by atoms with van der Waals surface area (Å²) in [5, 5.41) is 9.11. The minimum atomic E-state index is 0.319. The molecule has 16 heavy (non-hydrogen) atoms. The predicted octanol–water partition coefficient (Wildman–Crippen LogP) is 1.75. The van der Waals surface area contributed by atoms with E-state index >= 15 is 0 Å². The first-order valence-corrected chi connectivity index (χ1v) is 6.42. The van der Waals surface area contributed by atoms with Gasteiger partial charge < -0.3 is 14.7 Å². The Bertz CT molecular complexity index is 194. The molecule has 1 fully saturated rings. The van der Waals surface area contributed by atoms with Crippen molar-refractivity contribution in [1.29, 1.82) is 0 Å². The summed E-state index contributed by atoms with van der Waals surface area (Å²) in [6, 6.07) is 0. The first-order valence-electron chi connectivity index (χ1n) is 6.42. The van der Waals surface area contributed by atoms with Gasteiger partial charge in [0.05, 0.1) is 0 Å². The van der Waals surface area contributed by atoms with Crippen LogP contribution in [0.5, 0.6) is 0 Å². The minimum absolute atomic E-state index is 0.319. The Labute approximate surface area is 99.8 Å². The molecule has 1 unspecified atom stereocenters. The molecule has 0 aromatic rings. The highest BCUT2D eigenvalue weighted by molar-refractivity contribution is 4.86. The zero-order valence-corrected chi connectivity index (χ0v) is 11.0. The summed E-state index contributed by atoms with van der Waals surface area (Å²) < 4.78 is 5.08. The number of hydrogen-bond acceptors (Lipinski definition) is 3. The van der Waals surface area contributed by atoms with Crippen LogP contribution in [0.25, 0.3) is 0 Å². The van der Waals surface area contributed by atoms with Crippen molar-refractivity contribution in [3.05, 3.63) is 0 Å². The molecular formula is C13H27NO2. The maximum Gasteiger partial charge on any atom is 0.0474 e. The van der Waals surface area contributed by atoms with Crippen LogP contribution in [0.2, 0.25) is 0 Å². The van der Waals surface area contributed by atoms with E-state index < -0.39 is 0 Å². The number of methoxy groups -OCH3 is 1. The number of aliphatic hydroxyl groups excluding tert-OH is 1. The smallest absolute Gasteiger partial charge is 0.0474 e. The van der Waals surface area contributed by atoms with E-state index in [9.17, 15) is 0 Å². The van der Waals surface area contributed by atoms with Gasteiger partial charge in [-0.15, -0.1) is 0 Å². The zero-order valence-electron chi connectivity index (χ0n) is 11.0. The summed E-state index contributed by atoms with van der Waals surface area (Å²) in [6.07, 6.45) is 3.29. The Morgan fingerprint density at radius 1 is 1.44 bits per heavy atom. The number of piperidine rings is 1. The van der Waals surface area contributed by atoms with Crippen molar-refractivity contribution in [3.63, 3.8) is 0 Å². The fourth-order valence-electron chi connectivity index (χ4n) is 2.57. The van der Waals surface area contributed by atoms with Gasteiger partial charge in [0.2, 0.25) is 0 Å². The summed E-state index contributed by atoms with van der Waals surface area (Å²) in [7, 11) is 1.76. The second-order valence-corrected chi connectivity index (χ2v) is 5.59. The van der Waals surface area contributed by atoms with Crippen molar-refractivity contribution in [1.82, 2.24) is 4.90 Å². The van der Waals surface area contributed by atoms with Gasteiger partial charge in [-0.2, -0.15) is 0 Å². The van der Waals surface area contributed by atoms with Gasteiger partial charge in [0.25, 0.3) is 0 Å².